The summed E-state index contributed by atoms with van der Waals surface area (Å²) in [5.74, 6) is -0.985. The first-order chi connectivity index (χ1) is 8.50. The summed E-state index contributed by atoms with van der Waals surface area (Å²) in [6.45, 7) is 3.05. The topological polar surface area (TPSA) is 77.2 Å². The Morgan fingerprint density at radius 3 is 3.11 bits per heavy atom. The van der Waals surface area contributed by atoms with Gasteiger partial charge in [-0.3, -0.25) is 4.79 Å². The molecule has 18 heavy (non-hydrogen) atoms. The molecule has 1 atom stereocenters. The van der Waals surface area contributed by atoms with Crippen molar-refractivity contribution in [3.8, 4) is 0 Å². The lowest BCUT2D eigenvalue weighted by molar-refractivity contribution is 0.0273. The van der Waals surface area contributed by atoms with E-state index in [0.29, 0.717) is 13.2 Å². The van der Waals surface area contributed by atoms with Gasteiger partial charge < -0.3 is 15.8 Å². The zero-order valence-electron chi connectivity index (χ0n) is 10.2. The van der Waals surface area contributed by atoms with Crippen molar-refractivity contribution in [3.05, 3.63) is 23.6 Å². The number of aromatic nitrogens is 1. The van der Waals surface area contributed by atoms with E-state index in [0.717, 1.165) is 25.1 Å². The van der Waals surface area contributed by atoms with Gasteiger partial charge in [0, 0.05) is 6.61 Å². The van der Waals surface area contributed by atoms with Gasteiger partial charge in [0.25, 0.3) is 5.91 Å². The van der Waals surface area contributed by atoms with Crippen LogP contribution in [0.4, 0.5) is 10.2 Å². The minimum Gasteiger partial charge on any atom is -0.383 e. The number of rotatable bonds is 2. The van der Waals surface area contributed by atoms with Crippen molar-refractivity contribution in [1.82, 2.24) is 10.3 Å². The highest BCUT2D eigenvalue weighted by molar-refractivity contribution is 5.98. The summed E-state index contributed by atoms with van der Waals surface area (Å²) >= 11 is 0. The molecule has 0 bridgehead atoms. The predicted octanol–water partition coefficient (Wildman–Crippen LogP) is 1.10. The van der Waals surface area contributed by atoms with Gasteiger partial charge in [-0.2, -0.15) is 0 Å². The van der Waals surface area contributed by atoms with E-state index in [4.69, 9.17) is 10.5 Å². The maximum atomic E-state index is 13.1. The van der Waals surface area contributed by atoms with Crippen LogP contribution in [0.3, 0.4) is 0 Å². The zero-order valence-corrected chi connectivity index (χ0v) is 10.2. The molecule has 98 valence electrons. The van der Waals surface area contributed by atoms with E-state index >= 15 is 0 Å². The van der Waals surface area contributed by atoms with Crippen molar-refractivity contribution in [2.45, 2.75) is 25.3 Å². The molecule has 0 spiro atoms. The Morgan fingerprint density at radius 1 is 1.67 bits per heavy atom. The Hall–Kier alpha value is -1.69. The molecule has 6 heteroatoms. The quantitative estimate of drug-likeness (QED) is 0.827. The van der Waals surface area contributed by atoms with E-state index in [2.05, 4.69) is 10.3 Å². The smallest absolute Gasteiger partial charge is 0.255 e. The molecule has 1 aromatic rings. The molecule has 1 amide bonds. The fourth-order valence-corrected chi connectivity index (χ4v) is 2.01. The lowest BCUT2D eigenvalue weighted by Gasteiger charge is -2.34. The monoisotopic (exact) mass is 253 g/mol. The number of nitrogens with one attached hydrogen (secondary N) is 1. The average Bonchev–Trinajstić information content (AvgIpc) is 2.32. The van der Waals surface area contributed by atoms with Gasteiger partial charge in [-0.1, -0.05) is 0 Å². The predicted molar refractivity (Wildman–Crippen MR) is 64.5 cm³/mol. The maximum absolute atomic E-state index is 13.1. The number of halogens is 1. The third kappa shape index (κ3) is 2.76. The van der Waals surface area contributed by atoms with Crippen LogP contribution in [0.25, 0.3) is 0 Å². The van der Waals surface area contributed by atoms with Crippen molar-refractivity contribution in [3.63, 3.8) is 0 Å². The van der Waals surface area contributed by atoms with Crippen molar-refractivity contribution < 1.29 is 13.9 Å². The van der Waals surface area contributed by atoms with Crippen molar-refractivity contribution in [2.24, 2.45) is 0 Å². The molecule has 1 unspecified atom stereocenters. The van der Waals surface area contributed by atoms with Gasteiger partial charge in [0.15, 0.2) is 0 Å². The van der Waals surface area contributed by atoms with E-state index in [1.54, 1.807) is 0 Å². The first-order valence-electron chi connectivity index (χ1n) is 5.81. The molecule has 0 aromatic carbocycles. The summed E-state index contributed by atoms with van der Waals surface area (Å²) in [6, 6.07) is 1.09. The normalized spacial score (nSPS) is 23.7. The van der Waals surface area contributed by atoms with Crippen LogP contribution in [0.1, 0.15) is 30.1 Å². The summed E-state index contributed by atoms with van der Waals surface area (Å²) in [5, 5.41) is 2.83. The van der Waals surface area contributed by atoms with E-state index in [9.17, 15) is 9.18 Å². The number of nitrogens with zero attached hydrogens (tertiary/aromatic N) is 1. The fourth-order valence-electron chi connectivity index (χ4n) is 2.01. The summed E-state index contributed by atoms with van der Waals surface area (Å²) < 4.78 is 18.4. The Kier molecular flexibility index (Phi) is 3.47. The summed E-state index contributed by atoms with van der Waals surface area (Å²) in [4.78, 5) is 15.7. The standard InChI is InChI=1S/C12H16FN3O2/c1-12(3-2-4-18-7-12)16-11(17)9-5-8(13)6-15-10(9)14/h5-6H,2-4,7H2,1H3,(H2,14,15)(H,16,17). The van der Waals surface area contributed by atoms with Crippen LogP contribution in [0, 0.1) is 5.82 Å². The number of carbonyl (C=O) groups is 1. The Morgan fingerprint density at radius 2 is 2.44 bits per heavy atom. The van der Waals surface area contributed by atoms with Crippen LogP contribution in [-0.2, 0) is 4.74 Å². The highest BCUT2D eigenvalue weighted by Gasteiger charge is 2.30. The van der Waals surface area contributed by atoms with E-state index in [1.807, 2.05) is 6.92 Å². The number of hydrogen-bond donors (Lipinski definition) is 2. The van der Waals surface area contributed by atoms with Crippen LogP contribution in [0.5, 0.6) is 0 Å². The van der Waals surface area contributed by atoms with Gasteiger partial charge in [0.05, 0.1) is 23.9 Å². The fraction of sp³-hybridized carbons (Fsp3) is 0.500. The van der Waals surface area contributed by atoms with Crippen LogP contribution in [0.2, 0.25) is 0 Å². The third-order valence-corrected chi connectivity index (χ3v) is 2.98. The second kappa shape index (κ2) is 4.89. The number of anilines is 1. The van der Waals surface area contributed by atoms with Gasteiger partial charge in [-0.25, -0.2) is 9.37 Å². The number of nitrogens with two attached hydrogens (primary N) is 1. The molecule has 0 radical (unpaired) electrons. The van der Waals surface area contributed by atoms with Crippen LogP contribution in [0.15, 0.2) is 12.3 Å². The molecular weight excluding hydrogens is 237 g/mol. The second-order valence-electron chi connectivity index (χ2n) is 4.76. The van der Waals surface area contributed by atoms with E-state index in [1.165, 1.54) is 0 Å². The molecule has 1 aromatic heterocycles. The summed E-state index contributed by atoms with van der Waals surface area (Å²) in [6.07, 6.45) is 2.69. The van der Waals surface area contributed by atoms with Gasteiger partial charge in [0.2, 0.25) is 0 Å². The molecule has 1 aliphatic heterocycles. The first kappa shape index (κ1) is 12.8. The number of nitrogen functional groups attached to an aromatic ring is 1. The molecule has 1 fully saturated rings. The van der Waals surface area contributed by atoms with Crippen LogP contribution >= 0.6 is 0 Å². The van der Waals surface area contributed by atoms with Crippen molar-refractivity contribution in [1.29, 1.82) is 0 Å². The Bertz CT molecular complexity index is 459. The molecule has 5 nitrogen and oxygen atoms in total. The van der Waals surface area contributed by atoms with Gasteiger partial charge in [-0.05, 0) is 25.8 Å². The SMILES string of the molecule is CC1(NC(=O)c2cc(F)cnc2N)CCCOC1. The van der Waals surface area contributed by atoms with Gasteiger partial charge in [0.1, 0.15) is 11.6 Å². The summed E-state index contributed by atoms with van der Waals surface area (Å²) in [5.41, 5.74) is 5.19. The number of amides is 1. The van der Waals surface area contributed by atoms with E-state index < -0.39 is 17.3 Å². The third-order valence-electron chi connectivity index (χ3n) is 2.98. The van der Waals surface area contributed by atoms with Gasteiger partial charge >= 0.3 is 0 Å². The lowest BCUT2D eigenvalue weighted by atomic mass is 9.94. The Balaban J connectivity index is 2.14. The lowest BCUT2D eigenvalue weighted by Crippen LogP contribution is -2.51. The highest BCUT2D eigenvalue weighted by Crippen LogP contribution is 2.20. The maximum Gasteiger partial charge on any atom is 0.255 e. The minimum absolute atomic E-state index is 0.0224. The Labute approximate surface area is 105 Å². The molecular formula is C12H16FN3O2. The molecule has 2 heterocycles. The molecule has 1 saturated heterocycles. The number of hydrogen-bond acceptors (Lipinski definition) is 4. The minimum atomic E-state index is -0.584. The van der Waals surface area contributed by atoms with E-state index in [-0.39, 0.29) is 11.4 Å². The van der Waals surface area contributed by atoms with Gasteiger partial charge in [-0.15, -0.1) is 0 Å². The molecule has 2 rings (SSSR count). The largest absolute Gasteiger partial charge is 0.383 e. The molecule has 1 aliphatic rings. The number of ether oxygens (including phenoxy) is 1. The van der Waals surface area contributed by atoms with Crippen molar-refractivity contribution >= 4 is 11.7 Å². The molecule has 0 saturated carbocycles. The first-order valence-corrected chi connectivity index (χ1v) is 5.81. The molecule has 0 aliphatic carbocycles. The highest BCUT2D eigenvalue weighted by atomic mass is 19.1. The van der Waals surface area contributed by atoms with Crippen LogP contribution < -0.4 is 11.1 Å². The second-order valence-corrected chi connectivity index (χ2v) is 4.76. The number of pyridine rings is 1. The average molecular weight is 253 g/mol. The number of carbonyl (C=O) groups excluding carboxylic acids is 1. The summed E-state index contributed by atoms with van der Waals surface area (Å²) in [7, 11) is 0. The van der Waals surface area contributed by atoms with Crippen LogP contribution in [-0.4, -0.2) is 29.6 Å². The molecule has 3 N–H and O–H groups in total. The zero-order chi connectivity index (χ0) is 13.2. The van der Waals surface area contributed by atoms with Crippen molar-refractivity contribution in [2.75, 3.05) is 18.9 Å².